The molecule has 0 radical (unpaired) electrons. The number of likely N-dealkylation sites (tertiary alicyclic amines) is 1. The van der Waals surface area contributed by atoms with Gasteiger partial charge in [-0.25, -0.2) is 0 Å². The fraction of sp³-hybridized carbons (Fsp3) is 0.400. The summed E-state index contributed by atoms with van der Waals surface area (Å²) < 4.78 is 10.5. The van der Waals surface area contributed by atoms with Gasteiger partial charge in [-0.1, -0.05) is 6.07 Å². The number of aromatic nitrogens is 1. The number of nitrogens with zero attached hydrogens (tertiary/aromatic N) is 2. The quantitative estimate of drug-likeness (QED) is 0.803. The highest BCUT2D eigenvalue weighted by atomic mass is 16.5. The molecule has 1 fully saturated rings. The monoisotopic (exact) mass is 372 g/mol. The standard InChI is InChI=1S/C20H24N2O5/c1-26-16-10-14(11-17(12-16)27-2)18(19(23)24)22-8-5-20(25,6-9-22)15-4-3-7-21-13-15/h3-4,7,10-13,18,25H,5-6,8-9H2,1-2H3,(H,23,24)/t18-/m1/s1. The second kappa shape index (κ2) is 7.94. The van der Waals surface area contributed by atoms with E-state index >= 15 is 0 Å². The van der Waals surface area contributed by atoms with E-state index in [1.807, 2.05) is 11.0 Å². The van der Waals surface area contributed by atoms with Crippen LogP contribution in [0.5, 0.6) is 11.5 Å². The van der Waals surface area contributed by atoms with Crippen LogP contribution >= 0.6 is 0 Å². The Labute approximate surface area is 158 Å². The number of aliphatic carboxylic acids is 1. The van der Waals surface area contributed by atoms with Gasteiger partial charge in [-0.3, -0.25) is 14.7 Å². The number of piperidine rings is 1. The zero-order valence-corrected chi connectivity index (χ0v) is 15.5. The third kappa shape index (κ3) is 4.04. The van der Waals surface area contributed by atoms with Crippen molar-refractivity contribution in [3.63, 3.8) is 0 Å². The Morgan fingerprint density at radius 1 is 1.19 bits per heavy atom. The largest absolute Gasteiger partial charge is 0.497 e. The van der Waals surface area contributed by atoms with Gasteiger partial charge in [0.15, 0.2) is 0 Å². The highest BCUT2D eigenvalue weighted by molar-refractivity contribution is 5.76. The fourth-order valence-corrected chi connectivity index (χ4v) is 3.58. The van der Waals surface area contributed by atoms with Crippen molar-refractivity contribution in [3.05, 3.63) is 53.9 Å². The van der Waals surface area contributed by atoms with Crippen LogP contribution in [0.15, 0.2) is 42.7 Å². The SMILES string of the molecule is COc1cc(OC)cc([C@H](C(=O)O)N2CCC(O)(c3cccnc3)CC2)c1. The van der Waals surface area contributed by atoms with E-state index in [4.69, 9.17) is 9.47 Å². The molecule has 0 spiro atoms. The van der Waals surface area contributed by atoms with Crippen molar-refractivity contribution in [2.45, 2.75) is 24.5 Å². The zero-order chi connectivity index (χ0) is 19.4. The van der Waals surface area contributed by atoms with Crippen LogP contribution in [-0.4, -0.2) is 53.4 Å². The molecular formula is C20H24N2O5. The van der Waals surface area contributed by atoms with Crippen LogP contribution in [0.3, 0.4) is 0 Å². The maximum Gasteiger partial charge on any atom is 0.325 e. The number of aliphatic hydroxyl groups is 1. The molecule has 1 saturated heterocycles. The number of rotatable bonds is 6. The fourth-order valence-electron chi connectivity index (χ4n) is 3.58. The molecule has 0 amide bonds. The molecule has 144 valence electrons. The summed E-state index contributed by atoms with van der Waals surface area (Å²) in [7, 11) is 3.06. The normalized spacial score (nSPS) is 17.9. The summed E-state index contributed by atoms with van der Waals surface area (Å²) in [6.07, 6.45) is 4.20. The molecule has 2 aromatic rings. The summed E-state index contributed by atoms with van der Waals surface area (Å²) in [6, 6.07) is 7.94. The Bertz CT molecular complexity index is 766. The minimum absolute atomic E-state index is 0.434. The first-order valence-corrected chi connectivity index (χ1v) is 8.79. The Hall–Kier alpha value is -2.64. The van der Waals surface area contributed by atoms with Gasteiger partial charge in [0.25, 0.3) is 0 Å². The average molecular weight is 372 g/mol. The van der Waals surface area contributed by atoms with Crippen LogP contribution in [0.25, 0.3) is 0 Å². The summed E-state index contributed by atoms with van der Waals surface area (Å²) in [5.41, 5.74) is 0.366. The molecule has 0 saturated carbocycles. The first kappa shape index (κ1) is 19.1. The Balaban J connectivity index is 1.83. The van der Waals surface area contributed by atoms with E-state index in [-0.39, 0.29) is 0 Å². The number of hydrogen-bond donors (Lipinski definition) is 2. The van der Waals surface area contributed by atoms with E-state index < -0.39 is 17.6 Å². The van der Waals surface area contributed by atoms with Gasteiger partial charge in [0.2, 0.25) is 0 Å². The molecule has 0 aliphatic carbocycles. The molecule has 1 aromatic heterocycles. The summed E-state index contributed by atoms with van der Waals surface area (Å²) in [5, 5.41) is 20.8. The Kier molecular flexibility index (Phi) is 5.62. The number of methoxy groups -OCH3 is 2. The molecule has 2 N–H and O–H groups in total. The molecule has 1 aromatic carbocycles. The molecule has 1 aliphatic heterocycles. The van der Waals surface area contributed by atoms with Gasteiger partial charge >= 0.3 is 5.97 Å². The molecule has 1 aliphatic rings. The molecular weight excluding hydrogens is 348 g/mol. The lowest BCUT2D eigenvalue weighted by Crippen LogP contribution is -2.46. The number of pyridine rings is 1. The van der Waals surface area contributed by atoms with Crippen molar-refractivity contribution >= 4 is 5.97 Å². The van der Waals surface area contributed by atoms with E-state index in [1.165, 1.54) is 14.2 Å². The lowest BCUT2D eigenvalue weighted by atomic mass is 9.84. The second-order valence-electron chi connectivity index (χ2n) is 6.70. The van der Waals surface area contributed by atoms with Crippen LogP contribution in [0.1, 0.15) is 30.0 Å². The van der Waals surface area contributed by atoms with Crippen molar-refractivity contribution in [1.82, 2.24) is 9.88 Å². The van der Waals surface area contributed by atoms with Crippen LogP contribution < -0.4 is 9.47 Å². The maximum atomic E-state index is 12.0. The summed E-state index contributed by atoms with van der Waals surface area (Å²) in [4.78, 5) is 18.0. The Morgan fingerprint density at radius 2 is 1.81 bits per heavy atom. The molecule has 0 unspecified atom stereocenters. The van der Waals surface area contributed by atoms with E-state index in [2.05, 4.69) is 4.98 Å². The predicted octanol–water partition coefficient (Wildman–Crippen LogP) is 2.21. The minimum atomic E-state index is -0.986. The number of ether oxygens (including phenoxy) is 2. The van der Waals surface area contributed by atoms with Crippen molar-refractivity contribution < 1.29 is 24.5 Å². The van der Waals surface area contributed by atoms with Crippen LogP contribution in [0.2, 0.25) is 0 Å². The highest BCUT2D eigenvalue weighted by Crippen LogP contribution is 2.37. The van der Waals surface area contributed by atoms with Gasteiger partial charge in [0.1, 0.15) is 17.5 Å². The molecule has 2 heterocycles. The molecule has 3 rings (SSSR count). The third-order valence-corrected chi connectivity index (χ3v) is 5.11. The molecule has 7 nitrogen and oxygen atoms in total. The summed E-state index contributed by atoms with van der Waals surface area (Å²) >= 11 is 0. The van der Waals surface area contributed by atoms with E-state index in [0.717, 1.165) is 5.56 Å². The summed E-state index contributed by atoms with van der Waals surface area (Å²) in [6.45, 7) is 0.893. The molecule has 0 bridgehead atoms. The number of carboxylic acids is 1. The highest BCUT2D eigenvalue weighted by Gasteiger charge is 2.38. The maximum absolute atomic E-state index is 12.0. The predicted molar refractivity (Wildman–Crippen MR) is 98.9 cm³/mol. The molecule has 1 atom stereocenters. The third-order valence-electron chi connectivity index (χ3n) is 5.11. The summed E-state index contributed by atoms with van der Waals surface area (Å²) in [5.74, 6) is 0.135. The van der Waals surface area contributed by atoms with Crippen molar-refractivity contribution in [2.75, 3.05) is 27.3 Å². The number of benzene rings is 1. The van der Waals surface area contributed by atoms with Gasteiger partial charge < -0.3 is 19.7 Å². The van der Waals surface area contributed by atoms with Crippen molar-refractivity contribution in [3.8, 4) is 11.5 Å². The number of carbonyl (C=O) groups is 1. The second-order valence-corrected chi connectivity index (χ2v) is 6.70. The Morgan fingerprint density at radius 3 is 2.30 bits per heavy atom. The van der Waals surface area contributed by atoms with Gasteiger partial charge in [-0.05, 0) is 36.6 Å². The first-order valence-electron chi connectivity index (χ1n) is 8.79. The minimum Gasteiger partial charge on any atom is -0.497 e. The van der Waals surface area contributed by atoms with Crippen molar-refractivity contribution in [2.24, 2.45) is 0 Å². The molecule has 27 heavy (non-hydrogen) atoms. The van der Waals surface area contributed by atoms with Crippen molar-refractivity contribution in [1.29, 1.82) is 0 Å². The number of hydrogen-bond acceptors (Lipinski definition) is 6. The van der Waals surface area contributed by atoms with Gasteiger partial charge in [0, 0.05) is 37.1 Å². The zero-order valence-electron chi connectivity index (χ0n) is 15.5. The van der Waals surface area contributed by atoms with Crippen LogP contribution in [-0.2, 0) is 10.4 Å². The lowest BCUT2D eigenvalue weighted by molar-refractivity contribution is -0.146. The average Bonchev–Trinajstić information content (AvgIpc) is 2.70. The first-order chi connectivity index (χ1) is 13.0. The topological polar surface area (TPSA) is 92.1 Å². The molecule has 7 heteroatoms. The van der Waals surface area contributed by atoms with Crippen LogP contribution in [0.4, 0.5) is 0 Å². The lowest BCUT2D eigenvalue weighted by Gasteiger charge is -2.40. The smallest absolute Gasteiger partial charge is 0.325 e. The van der Waals surface area contributed by atoms with E-state index in [0.29, 0.717) is 43.0 Å². The van der Waals surface area contributed by atoms with Gasteiger partial charge in [-0.15, -0.1) is 0 Å². The van der Waals surface area contributed by atoms with E-state index in [1.54, 1.807) is 36.7 Å². The van der Waals surface area contributed by atoms with Crippen LogP contribution in [0, 0.1) is 0 Å². The number of carboxylic acid groups (broad SMARTS) is 1. The van der Waals surface area contributed by atoms with E-state index in [9.17, 15) is 15.0 Å². The van der Waals surface area contributed by atoms with Gasteiger partial charge in [-0.2, -0.15) is 0 Å². The van der Waals surface area contributed by atoms with Gasteiger partial charge in [0.05, 0.1) is 19.8 Å².